The van der Waals surface area contributed by atoms with E-state index in [2.05, 4.69) is 9.72 Å². The van der Waals surface area contributed by atoms with Gasteiger partial charge in [-0.25, -0.2) is 27.9 Å². The zero-order chi connectivity index (χ0) is 23.2. The first-order valence-electron chi connectivity index (χ1n) is 9.57. The molecule has 0 atom stereocenters. The molecule has 32 heavy (non-hydrogen) atoms. The van der Waals surface area contributed by atoms with Crippen LogP contribution in [0.15, 0.2) is 50.7 Å². The quantitative estimate of drug-likeness (QED) is 0.439. The molecule has 3 heterocycles. The van der Waals surface area contributed by atoms with E-state index in [9.17, 15) is 23.2 Å². The van der Waals surface area contributed by atoms with Crippen LogP contribution in [-0.4, -0.2) is 31.8 Å². The summed E-state index contributed by atoms with van der Waals surface area (Å²) in [6.45, 7) is 3.33. The van der Waals surface area contributed by atoms with Gasteiger partial charge in [0, 0.05) is 12.1 Å². The molecule has 0 bridgehead atoms. The van der Waals surface area contributed by atoms with E-state index in [1.807, 2.05) is 0 Å². The maximum atomic E-state index is 13.9. The van der Waals surface area contributed by atoms with Crippen LogP contribution in [0.5, 0.6) is 0 Å². The lowest BCUT2D eigenvalue weighted by molar-refractivity contribution is 0.0563. The molecular formula is C21H18F2N4O5. The molecule has 0 aliphatic heterocycles. The van der Waals surface area contributed by atoms with Gasteiger partial charge >= 0.3 is 11.7 Å². The van der Waals surface area contributed by atoms with E-state index in [-0.39, 0.29) is 29.2 Å². The first-order chi connectivity index (χ1) is 15.2. The number of hydrogen-bond donors (Lipinski definition) is 0. The van der Waals surface area contributed by atoms with E-state index in [4.69, 9.17) is 4.42 Å². The summed E-state index contributed by atoms with van der Waals surface area (Å²) in [5.41, 5.74) is -1.29. The second-order valence-electron chi connectivity index (χ2n) is 7.29. The van der Waals surface area contributed by atoms with Gasteiger partial charge in [-0.2, -0.15) is 0 Å². The van der Waals surface area contributed by atoms with Crippen molar-refractivity contribution >= 4 is 17.1 Å². The number of aromatic nitrogens is 4. The van der Waals surface area contributed by atoms with Gasteiger partial charge in [-0.1, -0.05) is 0 Å². The number of imidazole rings is 1. The Morgan fingerprint density at radius 2 is 1.91 bits per heavy atom. The van der Waals surface area contributed by atoms with Crippen LogP contribution < -0.4 is 11.2 Å². The van der Waals surface area contributed by atoms with Gasteiger partial charge in [0.05, 0.1) is 25.7 Å². The maximum Gasteiger partial charge on any atom is 0.373 e. The Balaban J connectivity index is 1.94. The van der Waals surface area contributed by atoms with Gasteiger partial charge in [0.2, 0.25) is 5.76 Å². The third-order valence-corrected chi connectivity index (χ3v) is 4.90. The summed E-state index contributed by atoms with van der Waals surface area (Å²) in [5.74, 6) is -2.53. The summed E-state index contributed by atoms with van der Waals surface area (Å²) in [6.07, 6.45) is 1.33. The number of esters is 1. The van der Waals surface area contributed by atoms with Gasteiger partial charge in [0.25, 0.3) is 5.56 Å². The normalized spacial score (nSPS) is 11.4. The van der Waals surface area contributed by atoms with Gasteiger partial charge in [0.15, 0.2) is 22.8 Å². The number of halogens is 2. The minimum absolute atomic E-state index is 0.00907. The van der Waals surface area contributed by atoms with E-state index >= 15 is 0 Å². The lowest BCUT2D eigenvalue weighted by Crippen LogP contribution is -2.41. The Bertz CT molecular complexity index is 1460. The molecule has 4 rings (SSSR count). The zero-order valence-corrected chi connectivity index (χ0v) is 17.3. The lowest BCUT2D eigenvalue weighted by Gasteiger charge is -2.14. The average Bonchev–Trinajstić information content (AvgIpc) is 3.38. The Hall–Kier alpha value is -4.02. The predicted octanol–water partition coefficient (Wildman–Crippen LogP) is 2.64. The summed E-state index contributed by atoms with van der Waals surface area (Å²) >= 11 is 0. The summed E-state index contributed by atoms with van der Waals surface area (Å²) in [4.78, 5) is 42.1. The van der Waals surface area contributed by atoms with E-state index in [1.165, 1.54) is 30.1 Å². The molecule has 3 aromatic heterocycles. The van der Waals surface area contributed by atoms with Crippen LogP contribution in [0.2, 0.25) is 0 Å². The van der Waals surface area contributed by atoms with Crippen LogP contribution in [0, 0.1) is 11.6 Å². The number of nitrogens with zero attached hydrogens (tertiary/aromatic N) is 4. The van der Waals surface area contributed by atoms with Gasteiger partial charge in [0.1, 0.15) is 5.76 Å². The first kappa shape index (κ1) is 21.2. The predicted molar refractivity (Wildman–Crippen MR) is 109 cm³/mol. The largest absolute Gasteiger partial charge is 0.463 e. The number of ether oxygens (including phenoxy) is 1. The summed E-state index contributed by atoms with van der Waals surface area (Å²) in [7, 11) is 1.22. The Morgan fingerprint density at radius 1 is 1.16 bits per heavy atom. The zero-order valence-electron chi connectivity index (χ0n) is 17.3. The van der Waals surface area contributed by atoms with Crippen molar-refractivity contribution < 1.29 is 22.7 Å². The van der Waals surface area contributed by atoms with Crippen LogP contribution in [0.3, 0.4) is 0 Å². The second kappa shape index (κ2) is 7.91. The van der Waals surface area contributed by atoms with Crippen molar-refractivity contribution in [1.29, 1.82) is 0 Å². The molecule has 1 aromatic carbocycles. The minimum Gasteiger partial charge on any atom is -0.463 e. The molecule has 0 saturated carbocycles. The highest BCUT2D eigenvalue weighted by atomic mass is 19.2. The molecular weight excluding hydrogens is 426 g/mol. The molecule has 0 radical (unpaired) electrons. The van der Waals surface area contributed by atoms with Crippen molar-refractivity contribution in [3.63, 3.8) is 0 Å². The molecule has 166 valence electrons. The van der Waals surface area contributed by atoms with E-state index < -0.39 is 34.9 Å². The monoisotopic (exact) mass is 444 g/mol. The molecule has 4 aromatic rings. The van der Waals surface area contributed by atoms with Crippen molar-refractivity contribution in [3.8, 4) is 5.69 Å². The number of carbonyl (C=O) groups excluding carboxylic acids is 1. The highest BCUT2D eigenvalue weighted by Crippen LogP contribution is 2.18. The molecule has 0 saturated heterocycles. The van der Waals surface area contributed by atoms with E-state index in [0.717, 1.165) is 21.3 Å². The summed E-state index contributed by atoms with van der Waals surface area (Å²) in [6, 6.07) is 5.44. The molecule has 9 nitrogen and oxygen atoms in total. The third-order valence-electron chi connectivity index (χ3n) is 4.90. The second-order valence-corrected chi connectivity index (χ2v) is 7.29. The van der Waals surface area contributed by atoms with Crippen molar-refractivity contribution in [2.75, 3.05) is 7.11 Å². The lowest BCUT2D eigenvalue weighted by atomic mass is 10.3. The van der Waals surface area contributed by atoms with Crippen molar-refractivity contribution in [2.45, 2.75) is 26.4 Å². The molecule has 11 heteroatoms. The molecule has 0 N–H and O–H groups in total. The molecule has 0 unspecified atom stereocenters. The first-order valence-corrected chi connectivity index (χ1v) is 9.57. The SMILES string of the molecule is COC(=O)c1ccc(Cn2cnc3c2c(=O)n(C(C)C)c(=O)n3-c2ccc(F)c(F)c2)o1. The average molecular weight is 444 g/mol. The van der Waals surface area contributed by atoms with E-state index in [0.29, 0.717) is 5.76 Å². The van der Waals surface area contributed by atoms with Crippen LogP contribution in [0.25, 0.3) is 16.9 Å². The highest BCUT2D eigenvalue weighted by molar-refractivity contribution is 5.86. The standard InChI is InChI=1S/C21H18F2N4O5/c1-11(2)26-19(28)17-18(27(21(26)30)12-4-6-14(22)15(23)8-12)24-10-25(17)9-13-5-7-16(32-13)20(29)31-3/h4-8,10-11H,9H2,1-3H3. The fourth-order valence-electron chi connectivity index (χ4n) is 3.43. The maximum absolute atomic E-state index is 13.9. The number of carbonyl (C=O) groups is 1. The van der Waals surface area contributed by atoms with Crippen molar-refractivity contribution in [2.24, 2.45) is 0 Å². The molecule has 0 amide bonds. The Kier molecular flexibility index (Phi) is 5.25. The molecule has 0 aliphatic carbocycles. The van der Waals surface area contributed by atoms with Gasteiger partial charge in [-0.15, -0.1) is 0 Å². The van der Waals surface area contributed by atoms with Crippen LogP contribution >= 0.6 is 0 Å². The summed E-state index contributed by atoms with van der Waals surface area (Å²) < 4.78 is 40.9. The number of furan rings is 1. The summed E-state index contributed by atoms with van der Waals surface area (Å²) in [5, 5.41) is 0. The van der Waals surface area contributed by atoms with Crippen molar-refractivity contribution in [3.05, 3.63) is 80.7 Å². The fourth-order valence-corrected chi connectivity index (χ4v) is 3.43. The molecule has 0 spiro atoms. The molecule has 0 aliphatic rings. The van der Waals surface area contributed by atoms with Gasteiger partial charge in [-0.05, 0) is 38.1 Å². The Labute approximate surface area is 179 Å². The van der Waals surface area contributed by atoms with Crippen LogP contribution in [0.1, 0.15) is 36.2 Å². The number of benzene rings is 1. The van der Waals surface area contributed by atoms with Crippen LogP contribution in [0.4, 0.5) is 8.78 Å². The van der Waals surface area contributed by atoms with Crippen LogP contribution in [-0.2, 0) is 11.3 Å². The number of fused-ring (bicyclic) bond motifs is 1. The van der Waals surface area contributed by atoms with E-state index in [1.54, 1.807) is 19.9 Å². The third kappa shape index (κ3) is 3.41. The minimum atomic E-state index is -1.14. The molecule has 0 fully saturated rings. The number of methoxy groups -OCH3 is 1. The van der Waals surface area contributed by atoms with Gasteiger partial charge < -0.3 is 13.7 Å². The number of rotatable bonds is 5. The highest BCUT2D eigenvalue weighted by Gasteiger charge is 2.22. The topological polar surface area (TPSA) is 101 Å². The smallest absolute Gasteiger partial charge is 0.373 e. The van der Waals surface area contributed by atoms with Gasteiger partial charge in [-0.3, -0.25) is 9.36 Å². The Morgan fingerprint density at radius 3 is 2.56 bits per heavy atom. The number of hydrogen-bond acceptors (Lipinski definition) is 6. The van der Waals surface area contributed by atoms with Crippen molar-refractivity contribution in [1.82, 2.24) is 18.7 Å². The fraction of sp³-hybridized carbons (Fsp3) is 0.238.